The zero-order valence-electron chi connectivity index (χ0n) is 14.1. The van der Waals surface area contributed by atoms with E-state index in [0.717, 1.165) is 43.9 Å². The summed E-state index contributed by atoms with van der Waals surface area (Å²) in [6.07, 6.45) is -0.239. The second-order valence-electron chi connectivity index (χ2n) is 6.22. The summed E-state index contributed by atoms with van der Waals surface area (Å²) in [6, 6.07) is 3.02. The van der Waals surface area contributed by atoms with Crippen LogP contribution in [0.25, 0.3) is 11.3 Å². The number of anilines is 1. The molecular formula is C16H16F3N7S. The van der Waals surface area contributed by atoms with Crippen molar-refractivity contribution in [2.75, 3.05) is 18.0 Å². The molecule has 27 heavy (non-hydrogen) atoms. The predicted molar refractivity (Wildman–Crippen MR) is 94.5 cm³/mol. The Morgan fingerprint density at radius 1 is 1.19 bits per heavy atom. The van der Waals surface area contributed by atoms with Crippen molar-refractivity contribution in [2.45, 2.75) is 35.0 Å². The van der Waals surface area contributed by atoms with E-state index in [1.165, 1.54) is 18.3 Å². The molecule has 0 spiro atoms. The van der Waals surface area contributed by atoms with Crippen LogP contribution in [0, 0.1) is 0 Å². The number of aromatic amines is 1. The number of aromatic nitrogens is 5. The molecule has 1 saturated heterocycles. The van der Waals surface area contributed by atoms with Gasteiger partial charge in [-0.05, 0) is 25.0 Å². The fraction of sp³-hybridized carbons (Fsp3) is 0.375. The van der Waals surface area contributed by atoms with E-state index in [0.29, 0.717) is 22.3 Å². The molecule has 1 fully saturated rings. The van der Waals surface area contributed by atoms with Crippen molar-refractivity contribution < 1.29 is 13.2 Å². The van der Waals surface area contributed by atoms with E-state index in [9.17, 15) is 13.2 Å². The largest absolute Gasteiger partial charge is 0.434 e. The number of fused-ring (bicyclic) bond motifs is 1. The van der Waals surface area contributed by atoms with Gasteiger partial charge in [0.05, 0.1) is 6.20 Å². The van der Waals surface area contributed by atoms with Crippen molar-refractivity contribution in [3.63, 3.8) is 0 Å². The minimum atomic E-state index is -4.53. The minimum Gasteiger partial charge on any atom is -0.342 e. The van der Waals surface area contributed by atoms with E-state index in [4.69, 9.17) is 5.73 Å². The summed E-state index contributed by atoms with van der Waals surface area (Å²) in [6.45, 7) is 1.57. The lowest BCUT2D eigenvalue weighted by Gasteiger charge is -2.29. The zero-order chi connectivity index (χ0) is 19.0. The van der Waals surface area contributed by atoms with Gasteiger partial charge in [0.25, 0.3) is 0 Å². The molecule has 0 aromatic carbocycles. The van der Waals surface area contributed by atoms with E-state index in [-0.39, 0.29) is 10.9 Å². The quantitative estimate of drug-likeness (QED) is 0.704. The van der Waals surface area contributed by atoms with Crippen LogP contribution in [0.5, 0.6) is 0 Å². The van der Waals surface area contributed by atoms with Crippen LogP contribution in [-0.2, 0) is 6.18 Å². The molecule has 1 aliphatic heterocycles. The van der Waals surface area contributed by atoms with Crippen molar-refractivity contribution in [1.82, 2.24) is 24.9 Å². The molecule has 0 saturated carbocycles. The lowest BCUT2D eigenvalue weighted by atomic mass is 10.1. The van der Waals surface area contributed by atoms with Crippen LogP contribution >= 0.6 is 11.8 Å². The van der Waals surface area contributed by atoms with Crippen LogP contribution in [0.1, 0.15) is 18.5 Å². The molecular weight excluding hydrogens is 379 g/mol. The van der Waals surface area contributed by atoms with Crippen molar-refractivity contribution in [1.29, 1.82) is 0 Å². The van der Waals surface area contributed by atoms with Crippen molar-refractivity contribution in [3.05, 3.63) is 30.2 Å². The zero-order valence-corrected chi connectivity index (χ0v) is 14.9. The number of hydrogen-bond acceptors (Lipinski definition) is 7. The molecule has 3 aromatic rings. The summed E-state index contributed by atoms with van der Waals surface area (Å²) in [7, 11) is 0. The highest BCUT2D eigenvalue weighted by atomic mass is 32.2. The van der Waals surface area contributed by atoms with Gasteiger partial charge in [-0.2, -0.15) is 18.2 Å². The number of alkyl halides is 3. The van der Waals surface area contributed by atoms with Crippen molar-refractivity contribution >= 4 is 29.0 Å². The van der Waals surface area contributed by atoms with Gasteiger partial charge in [-0.1, -0.05) is 11.8 Å². The Labute approximate surface area is 156 Å². The smallest absolute Gasteiger partial charge is 0.342 e. The monoisotopic (exact) mass is 395 g/mol. The molecule has 0 amide bonds. The minimum absolute atomic E-state index is 0.0283. The maximum absolute atomic E-state index is 13.1. The first-order valence-corrected chi connectivity index (χ1v) is 9.15. The van der Waals surface area contributed by atoms with Gasteiger partial charge in [-0.25, -0.2) is 9.97 Å². The van der Waals surface area contributed by atoms with Gasteiger partial charge in [-0.3, -0.25) is 4.98 Å². The molecule has 4 heterocycles. The Bertz CT molecular complexity index is 951. The summed E-state index contributed by atoms with van der Waals surface area (Å²) >= 11 is 0.861. The second-order valence-corrected chi connectivity index (χ2v) is 7.28. The number of nitrogens with zero attached hydrogens (tertiary/aromatic N) is 5. The molecule has 4 rings (SSSR count). The van der Waals surface area contributed by atoms with E-state index >= 15 is 0 Å². The molecule has 0 atom stereocenters. The number of halogens is 3. The highest BCUT2D eigenvalue weighted by molar-refractivity contribution is 7.99. The average Bonchev–Trinajstić information content (AvgIpc) is 3.05. The average molecular weight is 395 g/mol. The number of H-pyrrole nitrogens is 1. The van der Waals surface area contributed by atoms with Gasteiger partial charge in [-0.15, -0.1) is 0 Å². The highest BCUT2D eigenvalue weighted by Crippen LogP contribution is 2.37. The Morgan fingerprint density at radius 2 is 1.96 bits per heavy atom. The molecule has 11 heteroatoms. The molecule has 0 unspecified atom stereocenters. The van der Waals surface area contributed by atoms with Crippen molar-refractivity contribution in [3.8, 4) is 0 Å². The highest BCUT2D eigenvalue weighted by Gasteiger charge is 2.35. The van der Waals surface area contributed by atoms with Crippen LogP contribution < -0.4 is 10.6 Å². The Morgan fingerprint density at radius 3 is 2.70 bits per heavy atom. The number of pyridine rings is 1. The van der Waals surface area contributed by atoms with Gasteiger partial charge >= 0.3 is 6.18 Å². The van der Waals surface area contributed by atoms with Crippen LogP contribution in [-0.4, -0.2) is 44.1 Å². The van der Waals surface area contributed by atoms with Gasteiger partial charge in [0.2, 0.25) is 5.95 Å². The first-order valence-electron chi connectivity index (χ1n) is 8.33. The number of nitrogens with two attached hydrogens (primary N) is 1. The molecule has 3 N–H and O–H groups in total. The fourth-order valence-corrected chi connectivity index (χ4v) is 3.75. The summed E-state index contributed by atoms with van der Waals surface area (Å²) in [5, 5.41) is 0.319. The van der Waals surface area contributed by atoms with E-state index in [2.05, 4.69) is 29.8 Å². The van der Waals surface area contributed by atoms with Crippen LogP contribution in [0.15, 0.2) is 34.4 Å². The third-order valence-corrected chi connectivity index (χ3v) is 5.22. The topological polar surface area (TPSA) is 96.6 Å². The first-order chi connectivity index (χ1) is 12.9. The number of hydrogen-bond donors (Lipinski definition) is 2. The summed E-state index contributed by atoms with van der Waals surface area (Å²) < 4.78 is 39.3. The van der Waals surface area contributed by atoms with Gasteiger partial charge in [0, 0.05) is 30.2 Å². The van der Waals surface area contributed by atoms with E-state index < -0.39 is 11.9 Å². The number of rotatable bonds is 3. The normalized spacial score (nSPS) is 16.2. The third-order valence-electron chi connectivity index (χ3n) is 4.27. The lowest BCUT2D eigenvalue weighted by molar-refractivity contribution is -0.143. The summed E-state index contributed by atoms with van der Waals surface area (Å²) in [5.41, 5.74) is 5.83. The SMILES string of the molecule is NC1CCN(c2nc3nc(Sc4cccnc4C(F)(F)F)cnc3[nH]2)CC1. The standard InChI is InChI=1S/C16H16F3N7S/c17-16(18,19)12-10(2-1-5-21-12)27-11-8-22-13-14(23-11)25-15(24-13)26-6-3-9(20)4-7-26/h1-2,5,8-9H,3-4,6-7,20H2,(H,22,23,24,25). The maximum atomic E-state index is 13.1. The van der Waals surface area contributed by atoms with Crippen LogP contribution in [0.4, 0.5) is 19.1 Å². The maximum Gasteiger partial charge on any atom is 0.434 e. The van der Waals surface area contributed by atoms with Crippen molar-refractivity contribution in [2.24, 2.45) is 5.73 Å². The lowest BCUT2D eigenvalue weighted by Crippen LogP contribution is -2.40. The van der Waals surface area contributed by atoms with E-state index in [1.807, 2.05) is 0 Å². The second kappa shape index (κ2) is 6.97. The number of nitrogens with one attached hydrogen (secondary N) is 1. The Balaban J connectivity index is 1.59. The molecule has 7 nitrogen and oxygen atoms in total. The fourth-order valence-electron chi connectivity index (χ4n) is 2.87. The summed E-state index contributed by atoms with van der Waals surface area (Å²) in [5.74, 6) is 0.649. The molecule has 1 aliphatic rings. The number of piperidine rings is 1. The predicted octanol–water partition coefficient (Wildman–Crippen LogP) is 2.85. The number of imidazole rings is 1. The van der Waals surface area contributed by atoms with Crippen LogP contribution in [0.3, 0.4) is 0 Å². The molecule has 142 valence electrons. The first kappa shape index (κ1) is 18.0. The van der Waals surface area contributed by atoms with Crippen LogP contribution in [0.2, 0.25) is 0 Å². The summed E-state index contributed by atoms with van der Waals surface area (Å²) in [4.78, 5) is 21.6. The molecule has 0 bridgehead atoms. The third kappa shape index (κ3) is 3.83. The molecule has 0 radical (unpaired) electrons. The van der Waals surface area contributed by atoms with Gasteiger partial charge in [0.1, 0.15) is 5.03 Å². The Hall–Kier alpha value is -2.40. The van der Waals surface area contributed by atoms with Gasteiger partial charge in [0.15, 0.2) is 17.0 Å². The Kier molecular flexibility index (Phi) is 4.64. The molecule has 0 aliphatic carbocycles. The van der Waals surface area contributed by atoms with E-state index in [1.54, 1.807) is 0 Å². The van der Waals surface area contributed by atoms with Gasteiger partial charge < -0.3 is 15.6 Å². The molecule has 3 aromatic heterocycles.